The number of furan rings is 1. The Kier molecular flexibility index (Phi) is 8.55. The molecule has 2 N–H and O–H groups in total. The summed E-state index contributed by atoms with van der Waals surface area (Å²) in [5.74, 6) is 0.0894. The molecule has 39 heavy (non-hydrogen) atoms. The summed E-state index contributed by atoms with van der Waals surface area (Å²) in [6.07, 6.45) is 1.05. The van der Waals surface area contributed by atoms with Gasteiger partial charge in [0, 0.05) is 18.1 Å². The molecule has 0 aliphatic carbocycles. The molecule has 1 amide bonds. The van der Waals surface area contributed by atoms with Crippen LogP contribution in [0.4, 0.5) is 5.69 Å². The molecule has 0 saturated heterocycles. The van der Waals surface area contributed by atoms with Crippen LogP contribution in [0.15, 0.2) is 99.3 Å². The first kappa shape index (κ1) is 27.7. The molecule has 200 valence electrons. The summed E-state index contributed by atoms with van der Waals surface area (Å²) in [6, 6.07) is 21.8. The smallest absolute Gasteiger partial charge is 0.288 e. The second-order valence-corrected chi connectivity index (χ2v) is 10.6. The van der Waals surface area contributed by atoms with E-state index in [-0.39, 0.29) is 27.8 Å². The quantitative estimate of drug-likeness (QED) is 0.150. The standard InChI is InChI=1S/C27H23ClN4O6S/c1-18-7-11-22(12-8-18)39(36,37)31-24(19-5-3-2-4-6-19)16-27(33)30-29-17-21-10-14-26(38-21)20-9-13-23(28)25(15-20)32(34)35/h2-15,17,24,31H,16H2,1H3,(H,30,33)/b29-17-/t24-/m1/s1. The zero-order valence-corrected chi connectivity index (χ0v) is 22.1. The van der Waals surface area contributed by atoms with Gasteiger partial charge in [0.1, 0.15) is 16.5 Å². The Labute approximate surface area is 229 Å². The molecule has 1 aromatic heterocycles. The third-order valence-electron chi connectivity index (χ3n) is 5.66. The lowest BCUT2D eigenvalue weighted by atomic mass is 10.0. The number of nitro benzene ring substituents is 1. The number of hydrazone groups is 1. The highest BCUT2D eigenvalue weighted by Gasteiger charge is 2.24. The Hall–Kier alpha value is -4.32. The molecule has 3 aromatic carbocycles. The van der Waals surface area contributed by atoms with Gasteiger partial charge in [-0.1, -0.05) is 59.6 Å². The summed E-state index contributed by atoms with van der Waals surface area (Å²) in [7, 11) is -3.90. The lowest BCUT2D eigenvalue weighted by Crippen LogP contribution is -2.32. The van der Waals surface area contributed by atoms with Crippen molar-refractivity contribution in [2.45, 2.75) is 24.3 Å². The van der Waals surface area contributed by atoms with Gasteiger partial charge in [-0.05, 0) is 48.9 Å². The maximum Gasteiger partial charge on any atom is 0.288 e. The summed E-state index contributed by atoms with van der Waals surface area (Å²) in [6.45, 7) is 1.86. The molecular formula is C27H23ClN4O6S. The van der Waals surface area contributed by atoms with Crippen molar-refractivity contribution < 1.29 is 22.6 Å². The van der Waals surface area contributed by atoms with Crippen LogP contribution in [0.3, 0.4) is 0 Å². The van der Waals surface area contributed by atoms with Gasteiger partial charge in [0.2, 0.25) is 15.9 Å². The molecule has 10 nitrogen and oxygen atoms in total. The van der Waals surface area contributed by atoms with Crippen molar-refractivity contribution in [1.29, 1.82) is 0 Å². The number of carbonyl (C=O) groups excluding carboxylic acids is 1. The molecule has 0 bridgehead atoms. The van der Waals surface area contributed by atoms with E-state index in [9.17, 15) is 23.3 Å². The topological polar surface area (TPSA) is 144 Å². The lowest BCUT2D eigenvalue weighted by molar-refractivity contribution is -0.384. The van der Waals surface area contributed by atoms with Gasteiger partial charge in [-0.3, -0.25) is 14.9 Å². The number of amides is 1. The van der Waals surface area contributed by atoms with Crippen molar-refractivity contribution in [2.24, 2.45) is 5.10 Å². The minimum Gasteiger partial charge on any atom is -0.455 e. The summed E-state index contributed by atoms with van der Waals surface area (Å²) in [5, 5.41) is 15.0. The SMILES string of the molecule is Cc1ccc(S(=O)(=O)N[C@H](CC(=O)N/N=C\c2ccc(-c3ccc(Cl)c([N+](=O)[O-])c3)o2)c2ccccc2)cc1. The van der Waals surface area contributed by atoms with Gasteiger partial charge >= 0.3 is 0 Å². The number of carbonyl (C=O) groups is 1. The molecule has 4 aromatic rings. The number of hydrogen-bond acceptors (Lipinski definition) is 7. The number of nitrogens with one attached hydrogen (secondary N) is 2. The molecule has 4 rings (SSSR count). The minimum absolute atomic E-state index is 0.00904. The monoisotopic (exact) mass is 566 g/mol. The van der Waals surface area contributed by atoms with Crippen LogP contribution in [0, 0.1) is 17.0 Å². The molecule has 1 atom stereocenters. The Balaban J connectivity index is 1.44. The van der Waals surface area contributed by atoms with Crippen molar-refractivity contribution in [2.75, 3.05) is 0 Å². The predicted molar refractivity (Wildman–Crippen MR) is 147 cm³/mol. The minimum atomic E-state index is -3.90. The number of rotatable bonds is 10. The Bertz CT molecular complexity index is 1620. The van der Waals surface area contributed by atoms with Crippen LogP contribution in [0.5, 0.6) is 0 Å². The Morgan fingerprint density at radius 2 is 1.79 bits per heavy atom. The maximum atomic E-state index is 13.0. The zero-order chi connectivity index (χ0) is 28.0. The molecule has 0 fully saturated rings. The van der Waals surface area contributed by atoms with E-state index >= 15 is 0 Å². The van der Waals surface area contributed by atoms with E-state index in [2.05, 4.69) is 15.2 Å². The van der Waals surface area contributed by atoms with Crippen molar-refractivity contribution >= 4 is 39.4 Å². The number of aryl methyl sites for hydroxylation is 1. The van der Waals surface area contributed by atoms with Gasteiger partial charge in [-0.2, -0.15) is 5.10 Å². The van der Waals surface area contributed by atoms with Crippen LogP contribution in [0.25, 0.3) is 11.3 Å². The molecule has 0 saturated carbocycles. The van der Waals surface area contributed by atoms with Gasteiger partial charge < -0.3 is 4.42 Å². The van der Waals surface area contributed by atoms with Gasteiger partial charge in [-0.15, -0.1) is 0 Å². The number of sulfonamides is 1. The van der Waals surface area contributed by atoms with Crippen LogP contribution in [0.1, 0.15) is 29.3 Å². The highest BCUT2D eigenvalue weighted by molar-refractivity contribution is 7.89. The number of nitrogens with zero attached hydrogens (tertiary/aromatic N) is 2. The molecule has 0 spiro atoms. The average Bonchev–Trinajstić information content (AvgIpc) is 3.38. The van der Waals surface area contributed by atoms with Crippen LogP contribution < -0.4 is 10.1 Å². The summed E-state index contributed by atoms with van der Waals surface area (Å²) in [4.78, 5) is 23.3. The fourth-order valence-corrected chi connectivity index (χ4v) is 5.08. The molecule has 0 aliphatic heterocycles. The predicted octanol–water partition coefficient (Wildman–Crippen LogP) is 5.38. The highest BCUT2D eigenvalue weighted by Crippen LogP contribution is 2.31. The fourth-order valence-electron chi connectivity index (χ4n) is 3.67. The van der Waals surface area contributed by atoms with E-state index in [1.54, 1.807) is 60.7 Å². The normalized spacial score (nSPS) is 12.4. The zero-order valence-electron chi connectivity index (χ0n) is 20.6. The summed E-state index contributed by atoms with van der Waals surface area (Å²) < 4.78 is 34.2. The van der Waals surface area contributed by atoms with Crippen LogP contribution in [-0.4, -0.2) is 25.5 Å². The first-order valence-electron chi connectivity index (χ1n) is 11.6. The summed E-state index contributed by atoms with van der Waals surface area (Å²) >= 11 is 5.86. The van der Waals surface area contributed by atoms with E-state index in [1.807, 2.05) is 6.92 Å². The molecule has 12 heteroatoms. The van der Waals surface area contributed by atoms with Gasteiger partial charge in [-0.25, -0.2) is 18.6 Å². The van der Waals surface area contributed by atoms with Gasteiger partial charge in [0.15, 0.2) is 0 Å². The third-order valence-corrected chi connectivity index (χ3v) is 7.46. The third kappa shape index (κ3) is 7.17. The van der Waals surface area contributed by atoms with Crippen molar-refractivity contribution in [1.82, 2.24) is 10.1 Å². The number of nitro groups is 1. The highest BCUT2D eigenvalue weighted by atomic mass is 35.5. The largest absolute Gasteiger partial charge is 0.455 e. The molecule has 0 aliphatic rings. The second kappa shape index (κ2) is 12.0. The number of halogens is 1. The summed E-state index contributed by atoms with van der Waals surface area (Å²) in [5.41, 5.74) is 4.10. The van der Waals surface area contributed by atoms with Crippen LogP contribution in [-0.2, 0) is 14.8 Å². The Morgan fingerprint density at radius 3 is 2.49 bits per heavy atom. The maximum absolute atomic E-state index is 13.0. The van der Waals surface area contributed by atoms with Crippen molar-refractivity contribution in [3.8, 4) is 11.3 Å². The van der Waals surface area contributed by atoms with Crippen molar-refractivity contribution in [3.05, 3.63) is 117 Å². The van der Waals surface area contributed by atoms with E-state index in [0.29, 0.717) is 16.9 Å². The molecule has 0 radical (unpaired) electrons. The van der Waals surface area contributed by atoms with Gasteiger partial charge in [0.25, 0.3) is 5.69 Å². The van der Waals surface area contributed by atoms with E-state index in [1.165, 1.54) is 30.5 Å². The second-order valence-electron chi connectivity index (χ2n) is 8.52. The number of benzene rings is 3. The van der Waals surface area contributed by atoms with E-state index in [0.717, 1.165) is 5.56 Å². The molecular weight excluding hydrogens is 544 g/mol. The first-order valence-corrected chi connectivity index (χ1v) is 13.5. The lowest BCUT2D eigenvalue weighted by Gasteiger charge is -2.18. The fraction of sp³-hybridized carbons (Fsp3) is 0.111. The molecule has 0 unspecified atom stereocenters. The van der Waals surface area contributed by atoms with E-state index < -0.39 is 26.9 Å². The van der Waals surface area contributed by atoms with E-state index in [4.69, 9.17) is 16.0 Å². The van der Waals surface area contributed by atoms with Crippen LogP contribution >= 0.6 is 11.6 Å². The Morgan fingerprint density at radius 1 is 1.08 bits per heavy atom. The molecule has 1 heterocycles. The van der Waals surface area contributed by atoms with Crippen molar-refractivity contribution in [3.63, 3.8) is 0 Å². The van der Waals surface area contributed by atoms with Crippen LogP contribution in [0.2, 0.25) is 5.02 Å². The average molecular weight is 567 g/mol. The van der Waals surface area contributed by atoms with Gasteiger partial charge in [0.05, 0.1) is 22.1 Å². The first-order chi connectivity index (χ1) is 18.6. The number of hydrogen-bond donors (Lipinski definition) is 2.